The lowest BCUT2D eigenvalue weighted by molar-refractivity contribution is 0.414. The maximum absolute atomic E-state index is 11.8. The normalized spacial score (nSPS) is 15.5. The SMILES string of the molecule is CNc1nc(C)cc(NCc2cc3n(n2)CCCN(S(C)(=O)=O)C3)n1. The second-order valence-corrected chi connectivity index (χ2v) is 8.10. The molecule has 0 amide bonds. The largest absolute Gasteiger partial charge is 0.364 e. The Balaban J connectivity index is 1.72. The Morgan fingerprint density at radius 3 is 2.76 bits per heavy atom. The predicted molar refractivity (Wildman–Crippen MR) is 95.7 cm³/mol. The van der Waals surface area contributed by atoms with Gasteiger partial charge in [0.25, 0.3) is 0 Å². The fourth-order valence-corrected chi connectivity index (χ4v) is 3.64. The minimum atomic E-state index is -3.20. The van der Waals surface area contributed by atoms with E-state index in [2.05, 4.69) is 25.7 Å². The number of aromatic nitrogens is 4. The van der Waals surface area contributed by atoms with Crippen molar-refractivity contribution in [2.75, 3.05) is 30.5 Å². The van der Waals surface area contributed by atoms with Crippen LogP contribution in [0.4, 0.5) is 11.8 Å². The van der Waals surface area contributed by atoms with Crippen LogP contribution in [0.1, 0.15) is 23.5 Å². The number of nitrogens with zero attached hydrogens (tertiary/aromatic N) is 5. The van der Waals surface area contributed by atoms with Crippen LogP contribution < -0.4 is 10.6 Å². The summed E-state index contributed by atoms with van der Waals surface area (Å²) in [5, 5.41) is 10.8. The number of sulfonamides is 1. The average molecular weight is 365 g/mol. The Hall–Kier alpha value is -2.20. The quantitative estimate of drug-likeness (QED) is 0.807. The molecule has 3 rings (SSSR count). The molecule has 0 unspecified atom stereocenters. The molecule has 0 fully saturated rings. The maximum atomic E-state index is 11.8. The first-order valence-corrected chi connectivity index (χ1v) is 9.98. The van der Waals surface area contributed by atoms with Gasteiger partial charge < -0.3 is 10.6 Å². The highest BCUT2D eigenvalue weighted by Gasteiger charge is 2.22. The third-order valence-electron chi connectivity index (χ3n) is 4.03. The molecule has 0 spiro atoms. The van der Waals surface area contributed by atoms with Crippen molar-refractivity contribution in [3.63, 3.8) is 0 Å². The van der Waals surface area contributed by atoms with E-state index in [1.807, 2.05) is 23.7 Å². The van der Waals surface area contributed by atoms with Crippen molar-refractivity contribution >= 4 is 21.8 Å². The van der Waals surface area contributed by atoms with Crippen LogP contribution in [0.25, 0.3) is 0 Å². The summed E-state index contributed by atoms with van der Waals surface area (Å²) < 4.78 is 27.0. The van der Waals surface area contributed by atoms with Gasteiger partial charge in [-0.3, -0.25) is 4.68 Å². The molecule has 0 atom stereocenters. The van der Waals surface area contributed by atoms with Gasteiger partial charge in [-0.1, -0.05) is 0 Å². The van der Waals surface area contributed by atoms with E-state index < -0.39 is 10.0 Å². The van der Waals surface area contributed by atoms with Crippen LogP contribution >= 0.6 is 0 Å². The molecular formula is C15H23N7O2S. The summed E-state index contributed by atoms with van der Waals surface area (Å²) in [5.74, 6) is 1.28. The Bertz CT molecular complexity index is 863. The monoisotopic (exact) mass is 365 g/mol. The van der Waals surface area contributed by atoms with E-state index in [9.17, 15) is 8.42 Å². The van der Waals surface area contributed by atoms with Gasteiger partial charge in [0, 0.05) is 31.9 Å². The maximum Gasteiger partial charge on any atom is 0.224 e. The van der Waals surface area contributed by atoms with Gasteiger partial charge >= 0.3 is 0 Å². The van der Waals surface area contributed by atoms with Crippen LogP contribution in [0.15, 0.2) is 12.1 Å². The molecule has 0 aliphatic carbocycles. The molecule has 0 aromatic carbocycles. The average Bonchev–Trinajstić information content (AvgIpc) is 2.81. The smallest absolute Gasteiger partial charge is 0.224 e. The van der Waals surface area contributed by atoms with Crippen LogP contribution in [0.5, 0.6) is 0 Å². The Kier molecular flexibility index (Phi) is 4.91. The van der Waals surface area contributed by atoms with E-state index in [0.29, 0.717) is 25.6 Å². The molecule has 2 aromatic heterocycles. The molecule has 0 radical (unpaired) electrons. The van der Waals surface area contributed by atoms with E-state index in [-0.39, 0.29) is 0 Å². The van der Waals surface area contributed by atoms with Gasteiger partial charge in [0.2, 0.25) is 16.0 Å². The number of aryl methyl sites for hydroxylation is 2. The van der Waals surface area contributed by atoms with Crippen molar-refractivity contribution in [2.45, 2.75) is 33.0 Å². The van der Waals surface area contributed by atoms with Crippen LogP contribution in [-0.2, 0) is 29.7 Å². The van der Waals surface area contributed by atoms with Crippen molar-refractivity contribution in [1.82, 2.24) is 24.1 Å². The molecule has 10 heteroatoms. The summed E-state index contributed by atoms with van der Waals surface area (Å²) in [6.07, 6.45) is 2.00. The molecule has 25 heavy (non-hydrogen) atoms. The predicted octanol–water partition coefficient (Wildman–Crippen LogP) is 0.801. The summed E-state index contributed by atoms with van der Waals surface area (Å²) in [4.78, 5) is 8.61. The molecule has 0 bridgehead atoms. The fraction of sp³-hybridized carbons (Fsp3) is 0.533. The fourth-order valence-electron chi connectivity index (χ4n) is 2.81. The molecule has 9 nitrogen and oxygen atoms in total. The Morgan fingerprint density at radius 2 is 2.04 bits per heavy atom. The molecule has 3 heterocycles. The van der Waals surface area contributed by atoms with Gasteiger partial charge in [-0.2, -0.15) is 14.4 Å². The third-order valence-corrected chi connectivity index (χ3v) is 5.28. The zero-order chi connectivity index (χ0) is 18.0. The lowest BCUT2D eigenvalue weighted by atomic mass is 10.3. The van der Waals surface area contributed by atoms with Crippen molar-refractivity contribution in [2.24, 2.45) is 0 Å². The van der Waals surface area contributed by atoms with E-state index in [1.165, 1.54) is 10.6 Å². The second kappa shape index (κ2) is 6.96. The van der Waals surface area contributed by atoms with Crippen LogP contribution in [0.2, 0.25) is 0 Å². The number of rotatable bonds is 5. The lowest BCUT2D eigenvalue weighted by Crippen LogP contribution is -2.29. The Labute approximate surface area is 147 Å². The summed E-state index contributed by atoms with van der Waals surface area (Å²) in [5.41, 5.74) is 2.63. The van der Waals surface area contributed by atoms with Crippen molar-refractivity contribution in [3.8, 4) is 0 Å². The topological polar surface area (TPSA) is 105 Å². The number of hydrogen-bond acceptors (Lipinski definition) is 7. The van der Waals surface area contributed by atoms with Gasteiger partial charge in [0.05, 0.1) is 30.7 Å². The van der Waals surface area contributed by atoms with Gasteiger partial charge in [0.15, 0.2) is 0 Å². The third kappa shape index (κ3) is 4.26. The minimum absolute atomic E-state index is 0.363. The molecule has 0 saturated carbocycles. The molecule has 2 N–H and O–H groups in total. The summed E-state index contributed by atoms with van der Waals surface area (Å²) in [7, 11) is -1.42. The highest BCUT2D eigenvalue weighted by molar-refractivity contribution is 7.88. The molecular weight excluding hydrogens is 342 g/mol. The van der Waals surface area contributed by atoms with Crippen molar-refractivity contribution in [3.05, 3.63) is 29.2 Å². The molecule has 136 valence electrons. The first kappa shape index (κ1) is 17.6. The van der Waals surface area contributed by atoms with E-state index in [0.717, 1.165) is 35.9 Å². The summed E-state index contributed by atoms with van der Waals surface area (Å²) in [6.45, 7) is 4.04. The zero-order valence-corrected chi connectivity index (χ0v) is 15.5. The van der Waals surface area contributed by atoms with E-state index in [1.54, 1.807) is 7.05 Å². The Morgan fingerprint density at radius 1 is 1.24 bits per heavy atom. The number of nitrogens with one attached hydrogen (secondary N) is 2. The van der Waals surface area contributed by atoms with Gasteiger partial charge in [0.1, 0.15) is 5.82 Å². The molecule has 2 aromatic rings. The lowest BCUT2D eigenvalue weighted by Gasteiger charge is -2.16. The standard InChI is InChI=1S/C15H23N7O2S/c1-11-7-14(19-15(16-2)18-11)17-9-12-8-13-10-21(25(3,23)24)5-4-6-22(13)20-12/h7-8H,4-6,9-10H2,1-3H3,(H2,16,17,18,19). The second-order valence-electron chi connectivity index (χ2n) is 6.12. The highest BCUT2D eigenvalue weighted by Crippen LogP contribution is 2.17. The number of hydrogen-bond donors (Lipinski definition) is 2. The molecule has 1 aliphatic rings. The van der Waals surface area contributed by atoms with Crippen molar-refractivity contribution < 1.29 is 8.42 Å². The van der Waals surface area contributed by atoms with E-state index >= 15 is 0 Å². The molecule has 1 aliphatic heterocycles. The summed E-state index contributed by atoms with van der Waals surface area (Å²) >= 11 is 0. The van der Waals surface area contributed by atoms with Crippen LogP contribution in [0, 0.1) is 6.92 Å². The van der Waals surface area contributed by atoms with Crippen LogP contribution in [-0.4, -0.2) is 52.3 Å². The summed E-state index contributed by atoms with van der Waals surface area (Å²) in [6, 6.07) is 3.82. The van der Waals surface area contributed by atoms with Gasteiger partial charge in [-0.05, 0) is 19.4 Å². The highest BCUT2D eigenvalue weighted by atomic mass is 32.2. The number of fused-ring (bicyclic) bond motifs is 1. The molecule has 0 saturated heterocycles. The van der Waals surface area contributed by atoms with E-state index in [4.69, 9.17) is 0 Å². The minimum Gasteiger partial charge on any atom is -0.364 e. The van der Waals surface area contributed by atoms with Crippen molar-refractivity contribution in [1.29, 1.82) is 0 Å². The zero-order valence-electron chi connectivity index (χ0n) is 14.7. The first-order chi connectivity index (χ1) is 11.8. The number of anilines is 2. The first-order valence-electron chi connectivity index (χ1n) is 8.13. The van der Waals surface area contributed by atoms with Gasteiger partial charge in [-0.15, -0.1) is 0 Å². The van der Waals surface area contributed by atoms with Crippen LogP contribution in [0.3, 0.4) is 0 Å². The van der Waals surface area contributed by atoms with Gasteiger partial charge in [-0.25, -0.2) is 13.4 Å².